The molecule has 0 saturated heterocycles. The second-order valence-electron chi connectivity index (χ2n) is 7.87. The second kappa shape index (κ2) is 6.98. The van der Waals surface area contributed by atoms with Crippen molar-refractivity contribution < 1.29 is 9.59 Å². The van der Waals surface area contributed by atoms with Crippen molar-refractivity contribution >= 4 is 17.5 Å². The smallest absolute Gasteiger partial charge is 0.278 e. The molecule has 0 saturated carbocycles. The van der Waals surface area contributed by atoms with Crippen LogP contribution < -0.4 is 15.8 Å². The third-order valence-corrected chi connectivity index (χ3v) is 4.32. The lowest BCUT2D eigenvalue weighted by molar-refractivity contribution is -0.123. The number of amides is 2. The predicted octanol–water partition coefficient (Wildman–Crippen LogP) is 1.75. The van der Waals surface area contributed by atoms with Gasteiger partial charge in [-0.05, 0) is 51.8 Å². The van der Waals surface area contributed by atoms with Gasteiger partial charge in [-0.1, -0.05) is 18.2 Å². The SMILES string of the molecule is C[C@H]1Cc2ccccc2N1C(=O)c1ccc(=O)n(CC(=O)NC(C)(C)C)n1. The summed E-state index contributed by atoms with van der Waals surface area (Å²) in [6.07, 6.45) is 0.773. The standard InChI is InChI=1S/C20H24N4O3/c1-13-11-14-7-5-6-8-16(14)24(13)19(27)15-9-10-18(26)23(22-15)12-17(25)21-20(2,3)4/h5-10,13H,11-12H2,1-4H3,(H,21,25)/t13-/m0/s1. The van der Waals surface area contributed by atoms with Gasteiger partial charge in [-0.3, -0.25) is 14.4 Å². The van der Waals surface area contributed by atoms with Crippen LogP contribution in [0.25, 0.3) is 0 Å². The number of para-hydroxylation sites is 1. The van der Waals surface area contributed by atoms with Crippen LogP contribution in [0.15, 0.2) is 41.2 Å². The number of rotatable bonds is 3. The molecule has 1 aromatic heterocycles. The van der Waals surface area contributed by atoms with E-state index in [-0.39, 0.29) is 30.1 Å². The maximum absolute atomic E-state index is 13.0. The fourth-order valence-electron chi connectivity index (χ4n) is 3.27. The van der Waals surface area contributed by atoms with Crippen LogP contribution in [0.2, 0.25) is 0 Å². The van der Waals surface area contributed by atoms with Gasteiger partial charge in [0.05, 0.1) is 0 Å². The van der Waals surface area contributed by atoms with Crippen molar-refractivity contribution in [2.75, 3.05) is 4.90 Å². The molecule has 2 amide bonds. The normalized spacial score (nSPS) is 16.1. The molecule has 7 nitrogen and oxygen atoms in total. The van der Waals surface area contributed by atoms with Gasteiger partial charge in [-0.15, -0.1) is 0 Å². The molecule has 1 aliphatic rings. The third-order valence-electron chi connectivity index (χ3n) is 4.32. The Kier molecular flexibility index (Phi) is 4.87. The van der Waals surface area contributed by atoms with Crippen LogP contribution in [-0.2, 0) is 17.8 Å². The molecule has 27 heavy (non-hydrogen) atoms. The van der Waals surface area contributed by atoms with Crippen LogP contribution in [0.5, 0.6) is 0 Å². The highest BCUT2D eigenvalue weighted by molar-refractivity contribution is 6.06. The minimum absolute atomic E-state index is 0.00117. The van der Waals surface area contributed by atoms with E-state index in [0.29, 0.717) is 0 Å². The third kappa shape index (κ3) is 4.07. The monoisotopic (exact) mass is 368 g/mol. The Hall–Kier alpha value is -2.96. The number of nitrogens with zero attached hydrogens (tertiary/aromatic N) is 3. The van der Waals surface area contributed by atoms with Crippen LogP contribution in [0.4, 0.5) is 5.69 Å². The lowest BCUT2D eigenvalue weighted by Gasteiger charge is -2.23. The molecule has 0 unspecified atom stereocenters. The van der Waals surface area contributed by atoms with Gasteiger partial charge < -0.3 is 10.2 Å². The number of nitrogens with one attached hydrogen (secondary N) is 1. The first-order valence-electron chi connectivity index (χ1n) is 8.96. The van der Waals surface area contributed by atoms with Gasteiger partial charge in [0.15, 0.2) is 0 Å². The largest absolute Gasteiger partial charge is 0.350 e. The molecule has 7 heteroatoms. The first-order valence-corrected chi connectivity index (χ1v) is 8.96. The fourth-order valence-corrected chi connectivity index (χ4v) is 3.27. The number of anilines is 1. The molecule has 0 fully saturated rings. The minimum atomic E-state index is -0.425. The molecule has 0 spiro atoms. The summed E-state index contributed by atoms with van der Waals surface area (Å²) in [4.78, 5) is 38.9. The Labute approximate surface area is 158 Å². The number of hydrogen-bond donors (Lipinski definition) is 1. The zero-order chi connectivity index (χ0) is 19.8. The average molecular weight is 368 g/mol. The summed E-state index contributed by atoms with van der Waals surface area (Å²) in [5.41, 5.74) is 1.27. The summed E-state index contributed by atoms with van der Waals surface area (Å²) in [5.74, 6) is -0.612. The zero-order valence-corrected chi connectivity index (χ0v) is 16.0. The molecule has 1 N–H and O–H groups in total. The molecule has 0 bridgehead atoms. The van der Waals surface area contributed by atoms with E-state index in [0.717, 1.165) is 22.4 Å². The van der Waals surface area contributed by atoms with Crippen molar-refractivity contribution in [1.82, 2.24) is 15.1 Å². The highest BCUT2D eigenvalue weighted by atomic mass is 16.2. The van der Waals surface area contributed by atoms with Crippen molar-refractivity contribution in [1.29, 1.82) is 0 Å². The summed E-state index contributed by atoms with van der Waals surface area (Å²) >= 11 is 0. The van der Waals surface area contributed by atoms with Gasteiger partial charge in [-0.25, -0.2) is 4.68 Å². The molecule has 142 valence electrons. The molecule has 1 atom stereocenters. The molecule has 3 rings (SSSR count). The van der Waals surface area contributed by atoms with E-state index >= 15 is 0 Å². The van der Waals surface area contributed by atoms with Crippen molar-refractivity contribution in [3.8, 4) is 0 Å². The van der Waals surface area contributed by atoms with Crippen molar-refractivity contribution in [3.05, 3.63) is 58.0 Å². The van der Waals surface area contributed by atoms with Crippen LogP contribution in [0, 0.1) is 0 Å². The number of aromatic nitrogens is 2. The lowest BCUT2D eigenvalue weighted by atomic mass is 10.1. The summed E-state index contributed by atoms with van der Waals surface area (Å²) in [6.45, 7) is 7.31. The molecule has 1 aromatic carbocycles. The van der Waals surface area contributed by atoms with E-state index in [1.54, 1.807) is 4.90 Å². The van der Waals surface area contributed by atoms with Gasteiger partial charge in [0.1, 0.15) is 12.2 Å². The van der Waals surface area contributed by atoms with Crippen LogP contribution >= 0.6 is 0 Å². The number of hydrogen-bond acceptors (Lipinski definition) is 4. The van der Waals surface area contributed by atoms with E-state index in [9.17, 15) is 14.4 Å². The average Bonchev–Trinajstić information content (AvgIpc) is 2.90. The number of benzene rings is 1. The Morgan fingerprint density at radius 2 is 1.89 bits per heavy atom. The molecule has 1 aliphatic heterocycles. The second-order valence-corrected chi connectivity index (χ2v) is 7.87. The molecule has 0 aliphatic carbocycles. The molecule has 2 heterocycles. The van der Waals surface area contributed by atoms with Gasteiger partial charge in [0, 0.05) is 23.3 Å². The molecular weight excluding hydrogens is 344 g/mol. The fraction of sp³-hybridized carbons (Fsp3) is 0.400. The van der Waals surface area contributed by atoms with E-state index in [4.69, 9.17) is 0 Å². The topological polar surface area (TPSA) is 84.3 Å². The Morgan fingerprint density at radius 1 is 1.19 bits per heavy atom. The summed E-state index contributed by atoms with van der Waals surface area (Å²) in [7, 11) is 0. The first kappa shape index (κ1) is 18.8. The van der Waals surface area contributed by atoms with Crippen molar-refractivity contribution in [2.45, 2.75) is 52.2 Å². The van der Waals surface area contributed by atoms with E-state index in [1.165, 1.54) is 12.1 Å². The summed E-state index contributed by atoms with van der Waals surface area (Å²) < 4.78 is 1.03. The van der Waals surface area contributed by atoms with Crippen LogP contribution in [-0.4, -0.2) is 33.2 Å². The predicted molar refractivity (Wildman–Crippen MR) is 103 cm³/mol. The first-order chi connectivity index (χ1) is 12.7. The van der Waals surface area contributed by atoms with Crippen molar-refractivity contribution in [2.24, 2.45) is 0 Å². The lowest BCUT2D eigenvalue weighted by Crippen LogP contribution is -2.44. The van der Waals surface area contributed by atoms with Crippen LogP contribution in [0.1, 0.15) is 43.7 Å². The van der Waals surface area contributed by atoms with Gasteiger partial charge in [-0.2, -0.15) is 5.10 Å². The van der Waals surface area contributed by atoms with Crippen LogP contribution in [0.3, 0.4) is 0 Å². The highest BCUT2D eigenvalue weighted by Crippen LogP contribution is 2.32. The molecule has 0 radical (unpaired) electrons. The Bertz CT molecular complexity index is 943. The van der Waals surface area contributed by atoms with E-state index in [1.807, 2.05) is 52.0 Å². The maximum Gasteiger partial charge on any atom is 0.278 e. The van der Waals surface area contributed by atoms with Gasteiger partial charge in [0.25, 0.3) is 11.5 Å². The molecule has 2 aromatic rings. The zero-order valence-electron chi connectivity index (χ0n) is 16.0. The number of carbonyl (C=O) groups is 2. The highest BCUT2D eigenvalue weighted by Gasteiger charge is 2.32. The Morgan fingerprint density at radius 3 is 2.59 bits per heavy atom. The quantitative estimate of drug-likeness (QED) is 0.895. The maximum atomic E-state index is 13.0. The van der Waals surface area contributed by atoms with E-state index < -0.39 is 11.1 Å². The van der Waals surface area contributed by atoms with Gasteiger partial charge in [0.2, 0.25) is 5.91 Å². The molecular formula is C20H24N4O3. The van der Waals surface area contributed by atoms with Gasteiger partial charge >= 0.3 is 0 Å². The summed E-state index contributed by atoms with van der Waals surface area (Å²) in [5, 5.41) is 6.93. The van der Waals surface area contributed by atoms with Crippen molar-refractivity contribution in [3.63, 3.8) is 0 Å². The van der Waals surface area contributed by atoms with E-state index in [2.05, 4.69) is 10.4 Å². The Balaban J connectivity index is 1.87. The summed E-state index contributed by atoms with van der Waals surface area (Å²) in [6, 6.07) is 10.4. The minimum Gasteiger partial charge on any atom is -0.350 e. The number of fused-ring (bicyclic) bond motifs is 1. The number of carbonyl (C=O) groups excluding carboxylic acids is 2.